The molecule has 0 saturated heterocycles. The zero-order valence-electron chi connectivity index (χ0n) is 18.9. The lowest BCUT2D eigenvalue weighted by molar-refractivity contribution is -0.118. The fraction of sp³-hybridized carbons (Fsp3) is 0.304. The van der Waals surface area contributed by atoms with Gasteiger partial charge in [-0.15, -0.1) is 10.2 Å². The van der Waals surface area contributed by atoms with Crippen LogP contribution in [0.5, 0.6) is 11.5 Å². The van der Waals surface area contributed by atoms with Gasteiger partial charge in [-0.2, -0.15) is 0 Å². The molecule has 0 radical (unpaired) electrons. The van der Waals surface area contributed by atoms with Crippen molar-refractivity contribution >= 4 is 40.0 Å². The first-order valence-corrected chi connectivity index (χ1v) is 12.0. The van der Waals surface area contributed by atoms with E-state index in [2.05, 4.69) is 20.8 Å². The normalized spacial score (nSPS) is 10.5. The van der Waals surface area contributed by atoms with Crippen molar-refractivity contribution in [1.29, 1.82) is 0 Å². The Bertz CT molecular complexity index is 1130. The van der Waals surface area contributed by atoms with Gasteiger partial charge >= 0.3 is 0 Å². The minimum Gasteiger partial charge on any atom is -0.493 e. The number of anilines is 1. The molecule has 0 atom stereocenters. The standard InChI is InChI=1S/C23H26N4O4S2/c1-14-5-7-17(11-15(14)2)21(29)25-22-26-27-23(33-22)32-13-20(28)24-10-9-16-6-8-18(30-3)19(12-16)31-4/h5-8,11-12H,9-10,13H2,1-4H3,(H,24,28)(H,25,26,29). The van der Waals surface area contributed by atoms with E-state index in [1.54, 1.807) is 20.3 Å². The summed E-state index contributed by atoms with van der Waals surface area (Å²) in [5.41, 5.74) is 3.78. The van der Waals surface area contributed by atoms with Crippen LogP contribution in [0.3, 0.4) is 0 Å². The van der Waals surface area contributed by atoms with Gasteiger partial charge in [0, 0.05) is 12.1 Å². The highest BCUT2D eigenvalue weighted by Gasteiger charge is 2.13. The van der Waals surface area contributed by atoms with Crippen LogP contribution in [0.4, 0.5) is 5.13 Å². The quantitative estimate of drug-likeness (QED) is 0.331. The summed E-state index contributed by atoms with van der Waals surface area (Å²) < 4.78 is 11.1. The van der Waals surface area contributed by atoms with Crippen LogP contribution in [0.2, 0.25) is 0 Å². The number of aromatic nitrogens is 2. The lowest BCUT2D eigenvalue weighted by Gasteiger charge is -2.10. The Labute approximate surface area is 201 Å². The van der Waals surface area contributed by atoms with Gasteiger partial charge in [0.05, 0.1) is 20.0 Å². The fourth-order valence-electron chi connectivity index (χ4n) is 2.93. The lowest BCUT2D eigenvalue weighted by atomic mass is 10.1. The maximum absolute atomic E-state index is 12.4. The number of thioether (sulfide) groups is 1. The first-order valence-electron chi connectivity index (χ1n) is 10.2. The number of carbonyl (C=O) groups excluding carboxylic acids is 2. The largest absolute Gasteiger partial charge is 0.493 e. The molecule has 10 heteroatoms. The van der Waals surface area contributed by atoms with Crippen LogP contribution < -0.4 is 20.1 Å². The zero-order valence-corrected chi connectivity index (χ0v) is 20.6. The SMILES string of the molecule is COc1ccc(CCNC(=O)CSc2nnc(NC(=O)c3ccc(C)c(C)c3)s2)cc1OC. The van der Waals surface area contributed by atoms with E-state index in [0.29, 0.717) is 39.5 Å². The summed E-state index contributed by atoms with van der Waals surface area (Å²) in [7, 11) is 3.18. The molecule has 0 fully saturated rings. The van der Waals surface area contributed by atoms with Crippen molar-refractivity contribution in [3.05, 3.63) is 58.7 Å². The summed E-state index contributed by atoms with van der Waals surface area (Å²) >= 11 is 2.52. The molecule has 3 aromatic rings. The van der Waals surface area contributed by atoms with Gasteiger partial charge in [-0.1, -0.05) is 35.2 Å². The van der Waals surface area contributed by atoms with Gasteiger partial charge in [0.15, 0.2) is 15.8 Å². The Morgan fingerprint density at radius 1 is 1.00 bits per heavy atom. The van der Waals surface area contributed by atoms with E-state index in [1.165, 1.54) is 23.1 Å². The van der Waals surface area contributed by atoms with Crippen molar-refractivity contribution < 1.29 is 19.1 Å². The Kier molecular flexibility index (Phi) is 8.67. The molecule has 0 spiro atoms. The van der Waals surface area contributed by atoms with E-state index in [9.17, 15) is 9.59 Å². The van der Waals surface area contributed by atoms with Gasteiger partial charge in [0.1, 0.15) is 0 Å². The highest BCUT2D eigenvalue weighted by atomic mass is 32.2. The maximum atomic E-state index is 12.4. The molecule has 0 bridgehead atoms. The summed E-state index contributed by atoms with van der Waals surface area (Å²) in [6.45, 7) is 4.46. The molecule has 0 aliphatic rings. The molecule has 174 valence electrons. The average Bonchev–Trinajstić information content (AvgIpc) is 3.26. The number of benzene rings is 2. The number of rotatable bonds is 10. The number of amides is 2. The molecule has 0 saturated carbocycles. The molecule has 2 amide bonds. The highest BCUT2D eigenvalue weighted by Crippen LogP contribution is 2.28. The van der Waals surface area contributed by atoms with Crippen LogP contribution in [-0.4, -0.2) is 48.5 Å². The smallest absolute Gasteiger partial charge is 0.257 e. The summed E-state index contributed by atoms with van der Waals surface area (Å²) in [5, 5.41) is 14.1. The van der Waals surface area contributed by atoms with Crippen LogP contribution in [0.25, 0.3) is 0 Å². The number of hydrogen-bond donors (Lipinski definition) is 2. The fourth-order valence-corrected chi connectivity index (χ4v) is 4.51. The molecule has 3 rings (SSSR count). The Morgan fingerprint density at radius 2 is 1.79 bits per heavy atom. The van der Waals surface area contributed by atoms with Gasteiger partial charge in [-0.25, -0.2) is 0 Å². The summed E-state index contributed by atoms with van der Waals surface area (Å²) in [4.78, 5) is 24.6. The molecule has 0 unspecified atom stereocenters. The lowest BCUT2D eigenvalue weighted by Crippen LogP contribution is -2.27. The number of ether oxygens (including phenoxy) is 2. The number of aryl methyl sites for hydroxylation is 2. The van der Waals surface area contributed by atoms with Crippen molar-refractivity contribution in [2.45, 2.75) is 24.6 Å². The number of nitrogens with one attached hydrogen (secondary N) is 2. The minimum absolute atomic E-state index is 0.101. The Balaban J connectivity index is 1.43. The molecular formula is C23H26N4O4S2. The van der Waals surface area contributed by atoms with Gasteiger partial charge in [0.2, 0.25) is 11.0 Å². The van der Waals surface area contributed by atoms with E-state index in [1.807, 2.05) is 44.2 Å². The van der Waals surface area contributed by atoms with Crippen molar-refractivity contribution in [2.75, 3.05) is 31.8 Å². The van der Waals surface area contributed by atoms with Crippen molar-refractivity contribution in [3.63, 3.8) is 0 Å². The number of nitrogens with zero attached hydrogens (tertiary/aromatic N) is 2. The van der Waals surface area contributed by atoms with Crippen LogP contribution in [0, 0.1) is 13.8 Å². The van der Waals surface area contributed by atoms with E-state index >= 15 is 0 Å². The third kappa shape index (κ3) is 6.93. The van der Waals surface area contributed by atoms with Crippen LogP contribution in [0.15, 0.2) is 40.7 Å². The monoisotopic (exact) mass is 486 g/mol. The van der Waals surface area contributed by atoms with Gasteiger partial charge in [-0.3, -0.25) is 14.9 Å². The highest BCUT2D eigenvalue weighted by molar-refractivity contribution is 8.01. The average molecular weight is 487 g/mol. The first kappa shape index (κ1) is 24.5. The summed E-state index contributed by atoms with van der Waals surface area (Å²) in [6, 6.07) is 11.2. The maximum Gasteiger partial charge on any atom is 0.257 e. The predicted molar refractivity (Wildman–Crippen MR) is 131 cm³/mol. The van der Waals surface area contributed by atoms with E-state index in [0.717, 1.165) is 16.7 Å². The summed E-state index contributed by atoms with van der Waals surface area (Å²) in [6.07, 6.45) is 0.671. The topological polar surface area (TPSA) is 102 Å². The first-order chi connectivity index (χ1) is 15.9. The Morgan fingerprint density at radius 3 is 2.52 bits per heavy atom. The molecule has 2 aromatic carbocycles. The van der Waals surface area contributed by atoms with Crippen LogP contribution in [-0.2, 0) is 11.2 Å². The molecule has 0 aliphatic carbocycles. The third-order valence-corrected chi connectivity index (χ3v) is 6.88. The van der Waals surface area contributed by atoms with Crippen LogP contribution in [0.1, 0.15) is 27.0 Å². The second-order valence-corrected chi connectivity index (χ2v) is 9.40. The van der Waals surface area contributed by atoms with Crippen LogP contribution >= 0.6 is 23.1 Å². The van der Waals surface area contributed by atoms with Gasteiger partial charge in [0.25, 0.3) is 5.91 Å². The predicted octanol–water partition coefficient (Wildman–Crippen LogP) is 3.88. The molecule has 2 N–H and O–H groups in total. The molecule has 1 heterocycles. The molecule has 1 aromatic heterocycles. The zero-order chi connectivity index (χ0) is 23.8. The van der Waals surface area contributed by atoms with Gasteiger partial charge in [-0.05, 0) is 61.2 Å². The van der Waals surface area contributed by atoms with E-state index in [4.69, 9.17) is 9.47 Å². The van der Waals surface area contributed by atoms with Gasteiger partial charge < -0.3 is 14.8 Å². The summed E-state index contributed by atoms with van der Waals surface area (Å²) in [5.74, 6) is 1.21. The van der Waals surface area contributed by atoms with E-state index < -0.39 is 0 Å². The molecule has 8 nitrogen and oxygen atoms in total. The molecule has 33 heavy (non-hydrogen) atoms. The van der Waals surface area contributed by atoms with Crippen molar-refractivity contribution in [1.82, 2.24) is 15.5 Å². The van der Waals surface area contributed by atoms with Crippen molar-refractivity contribution in [3.8, 4) is 11.5 Å². The molecule has 0 aliphatic heterocycles. The third-order valence-electron chi connectivity index (χ3n) is 4.91. The second-order valence-electron chi connectivity index (χ2n) is 7.20. The number of hydrogen-bond acceptors (Lipinski definition) is 8. The van der Waals surface area contributed by atoms with Crippen molar-refractivity contribution in [2.24, 2.45) is 0 Å². The number of carbonyl (C=O) groups is 2. The number of methoxy groups -OCH3 is 2. The molecular weight excluding hydrogens is 460 g/mol. The van der Waals surface area contributed by atoms with E-state index in [-0.39, 0.29) is 17.6 Å². The Hall–Kier alpha value is -3.11. The second kappa shape index (κ2) is 11.7. The minimum atomic E-state index is -0.237.